The van der Waals surface area contributed by atoms with Crippen molar-refractivity contribution in [1.29, 1.82) is 0 Å². The minimum atomic E-state index is -0.727. The number of nitrogens with one attached hydrogen (secondary N) is 1. The van der Waals surface area contributed by atoms with Crippen LogP contribution in [0.2, 0.25) is 5.02 Å². The molecule has 0 spiro atoms. The quantitative estimate of drug-likeness (QED) is 0.679. The van der Waals surface area contributed by atoms with Gasteiger partial charge in [0.05, 0.1) is 18.1 Å². The maximum Gasteiger partial charge on any atom is 0.317 e. The van der Waals surface area contributed by atoms with Gasteiger partial charge < -0.3 is 14.8 Å². The van der Waals surface area contributed by atoms with Gasteiger partial charge in [-0.25, -0.2) is 0 Å². The van der Waals surface area contributed by atoms with Gasteiger partial charge in [0.15, 0.2) is 0 Å². The van der Waals surface area contributed by atoms with Crippen LogP contribution >= 0.6 is 11.6 Å². The van der Waals surface area contributed by atoms with E-state index in [0.717, 1.165) is 36.5 Å². The Hall–Kier alpha value is -1.82. The first-order valence-corrected chi connectivity index (χ1v) is 9.99. The van der Waals surface area contributed by atoms with Crippen LogP contribution in [0, 0.1) is 5.92 Å². The van der Waals surface area contributed by atoms with Crippen molar-refractivity contribution in [3.8, 4) is 11.3 Å². The lowest BCUT2D eigenvalue weighted by molar-refractivity contribution is -0.139. The molecule has 27 heavy (non-hydrogen) atoms. The monoisotopic (exact) mass is 388 g/mol. The molecule has 2 fully saturated rings. The van der Waals surface area contributed by atoms with Crippen LogP contribution in [0.4, 0.5) is 0 Å². The predicted molar refractivity (Wildman–Crippen MR) is 105 cm³/mol. The van der Waals surface area contributed by atoms with Crippen molar-refractivity contribution in [3.05, 3.63) is 47.2 Å². The minimum Gasteiger partial charge on any atom is -0.480 e. The van der Waals surface area contributed by atoms with E-state index >= 15 is 0 Å². The van der Waals surface area contributed by atoms with E-state index in [2.05, 4.69) is 10.2 Å². The fourth-order valence-electron chi connectivity index (χ4n) is 3.72. The number of carbonyl (C=O) groups is 1. The Morgan fingerprint density at radius 3 is 2.70 bits per heavy atom. The van der Waals surface area contributed by atoms with E-state index < -0.39 is 5.97 Å². The molecule has 1 aromatic carbocycles. The molecule has 2 saturated carbocycles. The van der Waals surface area contributed by atoms with Crippen molar-refractivity contribution in [2.24, 2.45) is 5.92 Å². The molecule has 0 saturated heterocycles. The van der Waals surface area contributed by atoms with Gasteiger partial charge in [-0.1, -0.05) is 23.7 Å². The third-order valence-corrected chi connectivity index (χ3v) is 5.85. The molecule has 0 amide bonds. The second-order valence-electron chi connectivity index (χ2n) is 7.72. The van der Waals surface area contributed by atoms with Gasteiger partial charge in [0.1, 0.15) is 11.5 Å². The Bertz CT molecular complexity index is 796. The molecule has 1 heterocycles. The Labute approximate surface area is 164 Å². The molecule has 1 aromatic heterocycles. The average Bonchev–Trinajstić information content (AvgIpc) is 3.28. The molecule has 0 aliphatic heterocycles. The smallest absolute Gasteiger partial charge is 0.317 e. The highest BCUT2D eigenvalue weighted by atomic mass is 35.5. The first kappa shape index (κ1) is 18.5. The lowest BCUT2D eigenvalue weighted by Crippen LogP contribution is -2.54. The summed E-state index contributed by atoms with van der Waals surface area (Å²) in [5.41, 5.74) is 0.901. The highest BCUT2D eigenvalue weighted by Crippen LogP contribution is 2.34. The minimum absolute atomic E-state index is 0.160. The topological polar surface area (TPSA) is 65.7 Å². The summed E-state index contributed by atoms with van der Waals surface area (Å²) in [6, 6.07) is 12.4. The van der Waals surface area contributed by atoms with Crippen molar-refractivity contribution < 1.29 is 14.3 Å². The lowest BCUT2D eigenvalue weighted by atomic mass is 9.85. The fourth-order valence-corrected chi connectivity index (χ4v) is 3.95. The summed E-state index contributed by atoms with van der Waals surface area (Å²) in [6.45, 7) is 1.76. The van der Waals surface area contributed by atoms with E-state index in [0.29, 0.717) is 29.6 Å². The van der Waals surface area contributed by atoms with Crippen LogP contribution in [0.5, 0.6) is 0 Å². The molecule has 2 aliphatic rings. The van der Waals surface area contributed by atoms with Gasteiger partial charge >= 0.3 is 5.97 Å². The first-order chi connectivity index (χ1) is 13.1. The molecule has 0 unspecified atom stereocenters. The fraction of sp³-hybridized carbons (Fsp3) is 0.476. The van der Waals surface area contributed by atoms with Crippen LogP contribution < -0.4 is 5.32 Å². The zero-order valence-electron chi connectivity index (χ0n) is 15.2. The molecule has 0 bridgehead atoms. The van der Waals surface area contributed by atoms with Gasteiger partial charge in [-0.15, -0.1) is 0 Å². The number of benzene rings is 1. The van der Waals surface area contributed by atoms with E-state index in [1.165, 1.54) is 12.8 Å². The maximum atomic E-state index is 11.1. The maximum absolute atomic E-state index is 11.1. The van der Waals surface area contributed by atoms with Gasteiger partial charge in [0, 0.05) is 24.2 Å². The molecule has 0 atom stereocenters. The SMILES string of the molecule is O=C(O)CN(CC1CC1)C1CC(NCc2ccc(-c3ccccc3Cl)o2)C1. The van der Waals surface area contributed by atoms with E-state index in [1.54, 1.807) is 0 Å². The Balaban J connectivity index is 1.26. The highest BCUT2D eigenvalue weighted by molar-refractivity contribution is 6.33. The number of hydrogen-bond donors (Lipinski definition) is 2. The van der Waals surface area contributed by atoms with Gasteiger partial charge in [-0.2, -0.15) is 0 Å². The molecule has 5 nitrogen and oxygen atoms in total. The number of furan rings is 1. The number of rotatable bonds is 9. The van der Waals surface area contributed by atoms with Crippen LogP contribution in [-0.4, -0.2) is 41.1 Å². The van der Waals surface area contributed by atoms with Crippen LogP contribution in [0.25, 0.3) is 11.3 Å². The molecule has 2 aliphatic carbocycles. The van der Waals surface area contributed by atoms with Crippen molar-refractivity contribution in [2.45, 2.75) is 44.3 Å². The highest BCUT2D eigenvalue weighted by Gasteiger charge is 2.36. The third kappa shape index (κ3) is 4.72. The van der Waals surface area contributed by atoms with E-state index in [9.17, 15) is 4.79 Å². The standard InChI is InChI=1S/C21H25ClN2O3/c22-19-4-2-1-3-18(19)20-8-7-17(27-20)11-23-15-9-16(10-15)24(13-21(25)26)12-14-5-6-14/h1-4,7-8,14-16,23H,5-6,9-13H2,(H,25,26). The van der Waals surface area contributed by atoms with E-state index in [1.807, 2.05) is 36.4 Å². The molecule has 6 heteroatoms. The number of aliphatic carboxylic acids is 1. The average molecular weight is 389 g/mol. The summed E-state index contributed by atoms with van der Waals surface area (Å²) >= 11 is 6.23. The number of carboxylic acid groups (broad SMARTS) is 1. The third-order valence-electron chi connectivity index (χ3n) is 5.52. The van der Waals surface area contributed by atoms with Gasteiger partial charge in [-0.05, 0) is 55.9 Å². The Kier molecular flexibility index (Phi) is 5.53. The van der Waals surface area contributed by atoms with Crippen LogP contribution in [0.1, 0.15) is 31.4 Å². The van der Waals surface area contributed by atoms with Gasteiger partial charge in [0.25, 0.3) is 0 Å². The lowest BCUT2D eigenvalue weighted by Gasteiger charge is -2.42. The molecular formula is C21H25ClN2O3. The number of carboxylic acids is 1. The zero-order chi connectivity index (χ0) is 18.8. The summed E-state index contributed by atoms with van der Waals surface area (Å²) < 4.78 is 5.92. The zero-order valence-corrected chi connectivity index (χ0v) is 16.0. The first-order valence-electron chi connectivity index (χ1n) is 9.61. The summed E-state index contributed by atoms with van der Waals surface area (Å²) in [4.78, 5) is 13.3. The van der Waals surface area contributed by atoms with Gasteiger partial charge in [-0.3, -0.25) is 9.69 Å². The van der Waals surface area contributed by atoms with Gasteiger partial charge in [0.2, 0.25) is 0 Å². The molecular weight excluding hydrogens is 364 g/mol. The summed E-state index contributed by atoms with van der Waals surface area (Å²) in [7, 11) is 0. The van der Waals surface area contributed by atoms with Crippen molar-refractivity contribution in [3.63, 3.8) is 0 Å². The second kappa shape index (κ2) is 8.05. The van der Waals surface area contributed by atoms with Crippen molar-refractivity contribution >= 4 is 17.6 Å². The summed E-state index contributed by atoms with van der Waals surface area (Å²) in [5, 5.41) is 13.3. The molecule has 0 radical (unpaired) electrons. The van der Waals surface area contributed by atoms with Crippen LogP contribution in [0.15, 0.2) is 40.8 Å². The summed E-state index contributed by atoms with van der Waals surface area (Å²) in [5.74, 6) is 1.65. The predicted octanol–water partition coefficient (Wildman–Crippen LogP) is 4.02. The Morgan fingerprint density at radius 1 is 1.22 bits per heavy atom. The van der Waals surface area contributed by atoms with Crippen molar-refractivity contribution in [2.75, 3.05) is 13.1 Å². The molecule has 4 rings (SSSR count). The number of hydrogen-bond acceptors (Lipinski definition) is 4. The largest absolute Gasteiger partial charge is 0.480 e. The Morgan fingerprint density at radius 2 is 2.00 bits per heavy atom. The molecule has 2 N–H and O–H groups in total. The number of nitrogens with zero attached hydrogens (tertiary/aromatic N) is 1. The van der Waals surface area contributed by atoms with E-state index in [-0.39, 0.29) is 6.54 Å². The molecule has 144 valence electrons. The van der Waals surface area contributed by atoms with Crippen LogP contribution in [0.3, 0.4) is 0 Å². The normalized spacial score (nSPS) is 22.0. The van der Waals surface area contributed by atoms with Crippen molar-refractivity contribution in [1.82, 2.24) is 10.2 Å². The molecule has 2 aromatic rings. The van der Waals surface area contributed by atoms with E-state index in [4.69, 9.17) is 21.1 Å². The second-order valence-corrected chi connectivity index (χ2v) is 8.12. The van der Waals surface area contributed by atoms with Crippen LogP contribution in [-0.2, 0) is 11.3 Å². The number of halogens is 1. The summed E-state index contributed by atoms with van der Waals surface area (Å²) in [6.07, 6.45) is 4.49.